The predicted molar refractivity (Wildman–Crippen MR) is 78.8 cm³/mol. The fraction of sp³-hybridized carbons (Fsp3) is 0.438. The Morgan fingerprint density at radius 1 is 1.37 bits per heavy atom. The van der Waals surface area contributed by atoms with Crippen LogP contribution >= 0.6 is 0 Å². The quantitative estimate of drug-likeness (QED) is 0.842. The van der Waals surface area contributed by atoms with Gasteiger partial charge in [0.2, 0.25) is 0 Å². The summed E-state index contributed by atoms with van der Waals surface area (Å²) in [4.78, 5) is 14.5. The summed E-state index contributed by atoms with van der Waals surface area (Å²) in [6, 6.07) is 7.62. The molecular formula is C16H22N2O. The highest BCUT2D eigenvalue weighted by atomic mass is 16.2. The normalized spacial score (nSPS) is 9.95. The van der Waals surface area contributed by atoms with E-state index in [0.717, 1.165) is 18.5 Å². The van der Waals surface area contributed by atoms with Crippen LogP contribution in [-0.4, -0.2) is 29.9 Å². The van der Waals surface area contributed by atoms with Crippen LogP contribution in [-0.2, 0) is 0 Å². The van der Waals surface area contributed by atoms with E-state index in [4.69, 9.17) is 5.73 Å². The smallest absolute Gasteiger partial charge is 0.255 e. The molecule has 2 N–H and O–H groups in total. The average molecular weight is 258 g/mol. The number of benzene rings is 1. The third kappa shape index (κ3) is 4.11. The average Bonchev–Trinajstić information content (AvgIpc) is 2.41. The lowest BCUT2D eigenvalue weighted by atomic mass is 10.1. The van der Waals surface area contributed by atoms with Crippen LogP contribution in [0.15, 0.2) is 24.3 Å². The first-order valence-electron chi connectivity index (χ1n) is 6.70. The minimum atomic E-state index is 0.0405. The van der Waals surface area contributed by atoms with E-state index in [1.54, 1.807) is 0 Å². The van der Waals surface area contributed by atoms with Crippen molar-refractivity contribution in [1.29, 1.82) is 0 Å². The lowest BCUT2D eigenvalue weighted by Crippen LogP contribution is -2.37. The molecule has 0 heterocycles. The maximum absolute atomic E-state index is 12.6. The Labute approximate surface area is 115 Å². The molecule has 0 fully saturated rings. The molecule has 0 aromatic heterocycles. The van der Waals surface area contributed by atoms with Crippen molar-refractivity contribution in [3.05, 3.63) is 35.4 Å². The fourth-order valence-corrected chi connectivity index (χ4v) is 1.91. The number of carbonyl (C=O) groups excluding carboxylic acids is 1. The van der Waals surface area contributed by atoms with Gasteiger partial charge < -0.3 is 10.6 Å². The fourth-order valence-electron chi connectivity index (χ4n) is 1.91. The molecule has 1 rings (SSSR count). The van der Waals surface area contributed by atoms with Crippen LogP contribution in [0.25, 0.3) is 0 Å². The summed E-state index contributed by atoms with van der Waals surface area (Å²) in [5, 5.41) is 0. The van der Waals surface area contributed by atoms with Crippen molar-refractivity contribution in [3.8, 4) is 11.8 Å². The van der Waals surface area contributed by atoms with Gasteiger partial charge in [0, 0.05) is 18.2 Å². The Bertz CT molecular complexity index is 483. The second-order valence-electron chi connectivity index (χ2n) is 4.64. The van der Waals surface area contributed by atoms with E-state index < -0.39 is 0 Å². The van der Waals surface area contributed by atoms with Gasteiger partial charge in [-0.05, 0) is 32.4 Å². The van der Waals surface area contributed by atoms with Crippen molar-refractivity contribution in [2.45, 2.75) is 33.2 Å². The summed E-state index contributed by atoms with van der Waals surface area (Å²) in [6.07, 6.45) is 0.945. The molecule has 1 amide bonds. The Hall–Kier alpha value is -1.79. The van der Waals surface area contributed by atoms with Crippen LogP contribution < -0.4 is 5.73 Å². The first kappa shape index (κ1) is 15.3. The number of amides is 1. The minimum Gasteiger partial charge on any atom is -0.336 e. The molecule has 0 radical (unpaired) electrons. The van der Waals surface area contributed by atoms with Gasteiger partial charge in [0.1, 0.15) is 0 Å². The Kier molecular flexibility index (Phi) is 6.11. The molecule has 0 aliphatic carbocycles. The van der Waals surface area contributed by atoms with Gasteiger partial charge in [0.05, 0.1) is 12.1 Å². The summed E-state index contributed by atoms with van der Waals surface area (Å²) in [6.45, 7) is 7.19. The van der Waals surface area contributed by atoms with Crippen molar-refractivity contribution in [3.63, 3.8) is 0 Å². The Balaban J connectivity index is 3.10. The van der Waals surface area contributed by atoms with Crippen LogP contribution in [0, 0.1) is 11.8 Å². The monoisotopic (exact) mass is 258 g/mol. The number of nitrogens with zero attached hydrogens (tertiary/aromatic N) is 1. The highest BCUT2D eigenvalue weighted by Crippen LogP contribution is 2.13. The van der Waals surface area contributed by atoms with E-state index >= 15 is 0 Å². The highest BCUT2D eigenvalue weighted by molar-refractivity contribution is 5.96. The number of carbonyl (C=O) groups is 1. The molecule has 1 aromatic carbocycles. The van der Waals surface area contributed by atoms with E-state index in [0.29, 0.717) is 12.1 Å². The highest BCUT2D eigenvalue weighted by Gasteiger charge is 2.19. The lowest BCUT2D eigenvalue weighted by Gasteiger charge is -2.26. The molecule has 3 heteroatoms. The zero-order chi connectivity index (χ0) is 14.3. The van der Waals surface area contributed by atoms with Crippen molar-refractivity contribution < 1.29 is 4.79 Å². The maximum Gasteiger partial charge on any atom is 0.255 e. The summed E-state index contributed by atoms with van der Waals surface area (Å²) in [5.41, 5.74) is 6.80. The number of hydrogen-bond donors (Lipinski definition) is 1. The Morgan fingerprint density at radius 3 is 2.63 bits per heavy atom. The molecule has 1 aromatic rings. The number of hydrogen-bond acceptors (Lipinski definition) is 2. The third-order valence-electron chi connectivity index (χ3n) is 2.83. The van der Waals surface area contributed by atoms with Gasteiger partial charge >= 0.3 is 0 Å². The van der Waals surface area contributed by atoms with Gasteiger partial charge in [-0.2, -0.15) is 0 Å². The topological polar surface area (TPSA) is 46.3 Å². The molecule has 0 atom stereocenters. The third-order valence-corrected chi connectivity index (χ3v) is 2.83. The molecule has 102 valence electrons. The minimum absolute atomic E-state index is 0.0405. The molecule has 0 bridgehead atoms. The molecule has 0 saturated carbocycles. The van der Waals surface area contributed by atoms with Gasteiger partial charge in [-0.25, -0.2) is 0 Å². The van der Waals surface area contributed by atoms with Gasteiger partial charge in [0.25, 0.3) is 5.91 Å². The molecule has 0 aliphatic rings. The van der Waals surface area contributed by atoms with Crippen molar-refractivity contribution in [2.75, 3.05) is 13.1 Å². The first-order valence-corrected chi connectivity index (χ1v) is 6.70. The van der Waals surface area contributed by atoms with E-state index in [1.807, 2.05) is 43.0 Å². The summed E-state index contributed by atoms with van der Waals surface area (Å²) < 4.78 is 0. The van der Waals surface area contributed by atoms with Crippen molar-refractivity contribution in [2.24, 2.45) is 5.73 Å². The van der Waals surface area contributed by atoms with Gasteiger partial charge in [0.15, 0.2) is 0 Å². The lowest BCUT2D eigenvalue weighted by molar-refractivity contribution is 0.0705. The van der Waals surface area contributed by atoms with Crippen LogP contribution in [0.4, 0.5) is 0 Å². The zero-order valence-corrected chi connectivity index (χ0v) is 11.9. The summed E-state index contributed by atoms with van der Waals surface area (Å²) in [5.74, 6) is 5.81. The predicted octanol–water partition coefficient (Wildman–Crippen LogP) is 2.26. The van der Waals surface area contributed by atoms with Crippen molar-refractivity contribution in [1.82, 2.24) is 4.90 Å². The van der Waals surface area contributed by atoms with Crippen LogP contribution in [0.2, 0.25) is 0 Å². The molecule has 3 nitrogen and oxygen atoms in total. The second kappa shape index (κ2) is 7.60. The molecule has 0 unspecified atom stereocenters. The van der Waals surface area contributed by atoms with E-state index in [9.17, 15) is 4.79 Å². The Morgan fingerprint density at radius 2 is 2.05 bits per heavy atom. The summed E-state index contributed by atoms with van der Waals surface area (Å²) >= 11 is 0. The zero-order valence-electron chi connectivity index (χ0n) is 11.9. The number of nitrogens with two attached hydrogens (primary N) is 1. The van der Waals surface area contributed by atoms with E-state index in [1.165, 1.54) is 0 Å². The van der Waals surface area contributed by atoms with Gasteiger partial charge in [-0.3, -0.25) is 4.79 Å². The second-order valence-corrected chi connectivity index (χ2v) is 4.64. The molecule has 19 heavy (non-hydrogen) atoms. The van der Waals surface area contributed by atoms with E-state index in [2.05, 4.69) is 18.8 Å². The molecule has 0 spiro atoms. The van der Waals surface area contributed by atoms with Gasteiger partial charge in [-0.1, -0.05) is 30.9 Å². The largest absolute Gasteiger partial charge is 0.336 e. The molecule has 0 aliphatic heterocycles. The maximum atomic E-state index is 12.6. The van der Waals surface area contributed by atoms with Gasteiger partial charge in [-0.15, -0.1) is 0 Å². The van der Waals surface area contributed by atoms with E-state index in [-0.39, 0.29) is 11.9 Å². The SMILES string of the molecule is CCCN(C(=O)c1ccccc1C#CCN)C(C)C. The van der Waals surface area contributed by atoms with Crippen molar-refractivity contribution >= 4 is 5.91 Å². The number of rotatable bonds is 4. The standard InChI is InChI=1S/C16H22N2O/c1-4-12-18(13(2)3)16(19)15-10-6-5-8-14(15)9-7-11-17/h5-6,8,10,13H,4,11-12,17H2,1-3H3. The first-order chi connectivity index (χ1) is 9.11. The molecular weight excluding hydrogens is 236 g/mol. The molecule has 0 saturated heterocycles. The van der Waals surface area contributed by atoms with Crippen LogP contribution in [0.1, 0.15) is 43.1 Å². The van der Waals surface area contributed by atoms with Crippen LogP contribution in [0.3, 0.4) is 0 Å². The summed E-state index contributed by atoms with van der Waals surface area (Å²) in [7, 11) is 0. The van der Waals surface area contributed by atoms with Crippen LogP contribution in [0.5, 0.6) is 0 Å².